The molecule has 0 spiro atoms. The molecule has 8 aromatic carbocycles. The summed E-state index contributed by atoms with van der Waals surface area (Å²) in [5, 5.41) is 27.8. The number of aliphatic hydroxyl groups excluding tert-OH is 1. The molecule has 11 heterocycles. The van der Waals surface area contributed by atoms with Gasteiger partial charge in [-0.15, -0.1) is 0 Å². The number of ether oxygens (including phenoxy) is 12. The first kappa shape index (κ1) is 104. The number of hydrogen-bond donors (Lipinski definition) is 2. The molecule has 0 saturated carbocycles. The summed E-state index contributed by atoms with van der Waals surface area (Å²) in [5.74, 6) is 7.74. The van der Waals surface area contributed by atoms with Crippen LogP contribution >= 0.6 is 0 Å². The van der Waals surface area contributed by atoms with Gasteiger partial charge in [-0.3, -0.25) is 43.6 Å². The molecule has 0 amide bonds. The van der Waals surface area contributed by atoms with Crippen LogP contribution in [0.5, 0.6) is 63.6 Å². The fourth-order valence-corrected chi connectivity index (χ4v) is 16.0. The zero-order chi connectivity index (χ0) is 104. The number of fused-ring (bicyclic) bond motifs is 4. The number of hydrogen-bond acceptors (Lipinski definition) is 35. The Morgan fingerprint density at radius 1 is 0.336 bits per heavy atom. The fourth-order valence-electron chi connectivity index (χ4n) is 16.0. The van der Waals surface area contributed by atoms with Crippen LogP contribution in [0.2, 0.25) is 0 Å². The zero-order valence-electron chi connectivity index (χ0n) is 85.4. The second-order valence-electron chi connectivity index (χ2n) is 33.8. The van der Waals surface area contributed by atoms with Crippen LogP contribution in [0.1, 0.15) is 29.3 Å². The van der Waals surface area contributed by atoms with Gasteiger partial charge in [-0.1, -0.05) is 12.2 Å². The van der Waals surface area contributed by atoms with E-state index in [0.29, 0.717) is 101 Å². The van der Waals surface area contributed by atoms with Gasteiger partial charge < -0.3 is 87.3 Å². The molecule has 3 N–H and O–H groups in total. The van der Waals surface area contributed by atoms with Gasteiger partial charge in [0.25, 0.3) is 0 Å². The average molecular weight is 2010 g/mol. The third kappa shape index (κ3) is 26.4. The van der Waals surface area contributed by atoms with E-state index in [9.17, 15) is 5.11 Å². The lowest BCUT2D eigenvalue weighted by atomic mass is 10.1. The van der Waals surface area contributed by atoms with Crippen LogP contribution in [0, 0.1) is 6.92 Å². The van der Waals surface area contributed by atoms with Crippen molar-refractivity contribution in [2.45, 2.75) is 32.5 Å². The van der Waals surface area contributed by atoms with Crippen LogP contribution < -0.4 is 77.4 Å². The Morgan fingerprint density at radius 3 is 1.07 bits per heavy atom. The molecular weight excluding hydrogens is 1890 g/mol. The molecule has 0 bridgehead atoms. The summed E-state index contributed by atoms with van der Waals surface area (Å²) in [6.45, 7) is 5.31. The molecule has 0 radical (unpaired) electrons. The van der Waals surface area contributed by atoms with Gasteiger partial charge in [-0.05, 0) is 123 Å². The largest absolute Gasteiger partial charge is 0.497 e. The molecule has 1 atom stereocenters. The number of anilines is 8. The van der Waals surface area contributed by atoms with Crippen molar-refractivity contribution >= 4 is 102 Å². The quantitative estimate of drug-likeness (QED) is 0.0363. The van der Waals surface area contributed by atoms with Gasteiger partial charge in [0.05, 0.1) is 232 Å². The van der Waals surface area contributed by atoms with Gasteiger partial charge in [0, 0.05) is 232 Å². The minimum Gasteiger partial charge on any atom is -0.497 e. The third-order valence-corrected chi connectivity index (χ3v) is 23.6. The highest BCUT2D eigenvalue weighted by Crippen LogP contribution is 2.42. The minimum atomic E-state index is -0.723. The first-order valence-corrected chi connectivity index (χ1v) is 47.2. The van der Waals surface area contributed by atoms with Crippen molar-refractivity contribution in [3.8, 4) is 109 Å². The van der Waals surface area contributed by atoms with Crippen LogP contribution in [0.3, 0.4) is 0 Å². The first-order valence-electron chi connectivity index (χ1n) is 47.2. The molecule has 39 nitrogen and oxygen atoms in total. The standard InChI is InChI=1S/C29H28N6O2.C28H27N7O3.C27H27N7O4.C26H32N6O4/c1-20-9-10-30-22(12-20)6-5-11-35(24-13-25(36-3)16-26(14-24)37-4)23-7-8-27-28(15-23)33-29(18-31-27)21-17-32-34(2)19-21;1-34-18-19(16-31-34)26-17-30-24-8-7-20(14-25(24)32-26)35(21-12-22(36-2)15-23(13-21)37-3)11-5-6-27-29-10-9-28(33-27)38-4;1-33-15-17(13-29-33)24-14-28-22-7-6-18(10-23(22)30-24)34(19-8-20(35-2)11-21(9-19)36-3)16-25-31-26(37-4)12-27(32-25)38-5;1-34-17-21(33)16-32(20-9-22(35-2)12-23(10-20)36-3)19-5-6-24-25(11-19)30-26(14-28-24)18-13-29-31(15-18)8-4-7-27/h5-10,12-19H,11H2,1-4H3;5-10,12-18H,11H2,1-4H3;6-15H,16H2,1-5H3;5-6,9-15,21,33H,4,7-8,16-17,27H2,1-3H3/b6-5-;6-5+;;/t;;;21-/m...1/s1. The molecule has 0 unspecified atom stereocenters. The highest BCUT2D eigenvalue weighted by Gasteiger charge is 2.24. The summed E-state index contributed by atoms with van der Waals surface area (Å²) in [6, 6.07) is 54.0. The summed E-state index contributed by atoms with van der Waals surface area (Å²) in [5.41, 5.74) is 27.4. The van der Waals surface area contributed by atoms with Gasteiger partial charge in [-0.2, -0.15) is 35.3 Å². The Morgan fingerprint density at radius 2 is 0.698 bits per heavy atom. The number of benzene rings is 8. The number of aromatic nitrogens is 21. The number of nitrogens with two attached hydrogens (primary N) is 1. The highest BCUT2D eigenvalue weighted by molar-refractivity contribution is 5.88. The number of pyridine rings is 1. The number of aliphatic hydroxyl groups is 1. The lowest BCUT2D eigenvalue weighted by Crippen LogP contribution is -2.31. The Labute approximate surface area is 860 Å². The predicted molar refractivity (Wildman–Crippen MR) is 573 cm³/mol. The zero-order valence-corrected chi connectivity index (χ0v) is 85.4. The van der Waals surface area contributed by atoms with E-state index >= 15 is 0 Å². The highest BCUT2D eigenvalue weighted by atomic mass is 16.5. The Bertz CT molecular complexity index is 7760. The maximum absolute atomic E-state index is 10.6. The molecule has 19 rings (SSSR count). The van der Waals surface area contributed by atoms with E-state index in [1.165, 1.54) is 5.56 Å². The summed E-state index contributed by atoms with van der Waals surface area (Å²) in [4.78, 5) is 68.4. The SMILES string of the molecule is COC[C@H](O)CN(c1cc(OC)cc(OC)c1)c1ccc2ncc(-c3cnn(CCCN)c3)nc2c1.COc1cc(OC)cc(N(C/C=C/c2nccc(OC)n2)c2ccc3ncc(-c4cnn(C)c4)nc3c2)c1.COc1cc(OC)cc(N(C/C=C\c2cc(C)ccn2)c2ccc3ncc(-c4cnn(C)c4)nc3c2)c1.COc1cc(OC)cc(N(Cc2nc(OC)cc(OC)n2)c2ccc3ncc(-c4cnn(C)c4)nc3c2)c1. The van der Waals surface area contributed by atoms with Crippen molar-refractivity contribution in [1.29, 1.82) is 0 Å². The van der Waals surface area contributed by atoms with Crippen molar-refractivity contribution in [2.24, 2.45) is 26.9 Å². The van der Waals surface area contributed by atoms with E-state index < -0.39 is 6.10 Å². The van der Waals surface area contributed by atoms with E-state index in [-0.39, 0.29) is 13.2 Å². The van der Waals surface area contributed by atoms with E-state index in [1.807, 2.05) is 230 Å². The van der Waals surface area contributed by atoms with Gasteiger partial charge >= 0.3 is 0 Å². The van der Waals surface area contributed by atoms with Crippen molar-refractivity contribution in [3.63, 3.8) is 0 Å². The summed E-state index contributed by atoms with van der Waals surface area (Å²) in [6.07, 6.45) is 33.4. The lowest BCUT2D eigenvalue weighted by Gasteiger charge is -2.28. The van der Waals surface area contributed by atoms with Crippen molar-refractivity contribution < 1.29 is 61.9 Å². The smallest absolute Gasteiger partial charge is 0.220 e. The van der Waals surface area contributed by atoms with Gasteiger partial charge in [-0.25, -0.2) is 24.9 Å². The van der Waals surface area contributed by atoms with E-state index in [0.717, 1.165) is 153 Å². The van der Waals surface area contributed by atoms with Gasteiger partial charge in [0.15, 0.2) is 11.6 Å². The summed E-state index contributed by atoms with van der Waals surface area (Å²) >= 11 is 0. The second-order valence-corrected chi connectivity index (χ2v) is 33.8. The number of rotatable bonds is 38. The molecular formula is C110H114N26O13. The van der Waals surface area contributed by atoms with Crippen molar-refractivity contribution in [3.05, 3.63) is 292 Å². The molecule has 0 aliphatic rings. The number of aryl methyl sites for hydroxylation is 5. The maximum Gasteiger partial charge on any atom is 0.220 e. The molecule has 11 aromatic heterocycles. The topological polar surface area (TPSA) is 409 Å². The Balaban J connectivity index is 0.000000142. The molecule has 0 saturated heterocycles. The molecule has 762 valence electrons. The fraction of sp³-hybridized carbons (Fsp3) is 0.227. The van der Waals surface area contributed by atoms with Crippen molar-refractivity contribution in [2.75, 3.05) is 138 Å². The molecule has 19 aromatic rings. The predicted octanol–water partition coefficient (Wildman–Crippen LogP) is 17.5. The van der Waals surface area contributed by atoms with E-state index in [2.05, 4.69) is 94.1 Å². The lowest BCUT2D eigenvalue weighted by molar-refractivity contribution is 0.0701. The normalized spacial score (nSPS) is 11.3. The monoisotopic (exact) mass is 2010 g/mol. The van der Waals surface area contributed by atoms with Gasteiger partial charge in [0.1, 0.15) is 46.0 Å². The summed E-state index contributed by atoms with van der Waals surface area (Å²) in [7, 11) is 24.9. The molecule has 39 heteroatoms. The third-order valence-electron chi connectivity index (χ3n) is 23.6. The van der Waals surface area contributed by atoms with Crippen LogP contribution in [-0.4, -0.2) is 233 Å². The minimum absolute atomic E-state index is 0.198. The molecule has 0 aliphatic heterocycles. The van der Waals surface area contributed by atoms with Crippen LogP contribution in [-0.2, 0) is 39.0 Å². The second kappa shape index (κ2) is 49.3. The van der Waals surface area contributed by atoms with E-state index in [1.54, 1.807) is 173 Å². The Kier molecular flexibility index (Phi) is 34.2. The molecule has 149 heavy (non-hydrogen) atoms. The van der Waals surface area contributed by atoms with Crippen LogP contribution in [0.15, 0.2) is 269 Å². The van der Waals surface area contributed by atoms with E-state index in [4.69, 9.17) is 82.5 Å². The average Bonchev–Trinajstić information content (AvgIpc) is 1.65. The maximum atomic E-state index is 10.6. The Hall–Kier alpha value is -18.4. The number of nitrogens with zero attached hydrogens (tertiary/aromatic N) is 25. The van der Waals surface area contributed by atoms with Crippen LogP contribution in [0.25, 0.3) is 101 Å². The first-order chi connectivity index (χ1) is 72.6. The van der Waals surface area contributed by atoms with Crippen molar-refractivity contribution in [1.82, 2.24) is 104 Å². The molecule has 0 fully saturated rings. The van der Waals surface area contributed by atoms with Crippen LogP contribution in [0.4, 0.5) is 45.5 Å². The molecule has 0 aliphatic carbocycles. The summed E-state index contributed by atoms with van der Waals surface area (Å²) < 4.78 is 72.3. The number of methoxy groups -OCH3 is 12. The van der Waals surface area contributed by atoms with Gasteiger partial charge in [0.2, 0.25) is 17.6 Å².